The number of benzene rings is 1. The van der Waals surface area contributed by atoms with Crippen LogP contribution in [0.4, 0.5) is 0 Å². The highest BCUT2D eigenvalue weighted by atomic mass is 32.1. The molecule has 0 N–H and O–H groups in total. The Labute approximate surface area is 134 Å². The van der Waals surface area contributed by atoms with Crippen molar-refractivity contribution in [3.8, 4) is 5.75 Å². The minimum atomic E-state index is 0.318. The van der Waals surface area contributed by atoms with Crippen molar-refractivity contribution in [1.29, 1.82) is 0 Å². The van der Waals surface area contributed by atoms with E-state index in [4.69, 9.17) is 4.74 Å². The van der Waals surface area contributed by atoms with Crippen LogP contribution in [-0.4, -0.2) is 37.4 Å². The molecule has 3 aliphatic rings. The van der Waals surface area contributed by atoms with Crippen LogP contribution in [0.2, 0.25) is 0 Å². The lowest BCUT2D eigenvalue weighted by Crippen LogP contribution is -2.47. The second-order valence-corrected chi connectivity index (χ2v) is 7.62. The molecular weight excluding hydrogens is 294 g/mol. The van der Waals surface area contributed by atoms with Crippen LogP contribution >= 0.6 is 11.3 Å². The molecule has 3 fully saturated rings. The number of Topliss-reactive ketones (excluding diaryl/α,β-unsaturated/α-hetero) is 1. The van der Waals surface area contributed by atoms with E-state index >= 15 is 0 Å². The third-order valence-electron chi connectivity index (χ3n) is 5.24. The molecule has 3 saturated heterocycles. The van der Waals surface area contributed by atoms with Crippen LogP contribution in [0, 0.1) is 11.8 Å². The van der Waals surface area contributed by atoms with Gasteiger partial charge < -0.3 is 9.64 Å². The maximum Gasteiger partial charge on any atom is 0.173 e. The van der Waals surface area contributed by atoms with Crippen molar-refractivity contribution in [2.45, 2.75) is 19.3 Å². The van der Waals surface area contributed by atoms with Crippen molar-refractivity contribution in [2.24, 2.45) is 11.8 Å². The fraction of sp³-hybridized carbons (Fsp3) is 0.500. The molecule has 1 aromatic heterocycles. The van der Waals surface area contributed by atoms with Gasteiger partial charge in [0.25, 0.3) is 0 Å². The van der Waals surface area contributed by atoms with E-state index in [0.717, 1.165) is 33.2 Å². The van der Waals surface area contributed by atoms with Gasteiger partial charge in [-0.25, -0.2) is 0 Å². The molecule has 0 unspecified atom stereocenters. The average molecular weight is 315 g/mol. The zero-order valence-electron chi connectivity index (χ0n) is 12.9. The Morgan fingerprint density at radius 1 is 1.32 bits per heavy atom. The van der Waals surface area contributed by atoms with Gasteiger partial charge in [-0.3, -0.25) is 4.79 Å². The number of ketones is 1. The van der Waals surface area contributed by atoms with E-state index in [1.54, 1.807) is 18.4 Å². The molecule has 0 radical (unpaired) electrons. The number of nitrogens with zero attached hydrogens (tertiary/aromatic N) is 1. The van der Waals surface area contributed by atoms with Crippen LogP contribution in [0.1, 0.15) is 28.9 Å². The zero-order chi connectivity index (χ0) is 15.1. The summed E-state index contributed by atoms with van der Waals surface area (Å²) in [7, 11) is 1.67. The molecule has 2 bridgehead atoms. The zero-order valence-corrected chi connectivity index (χ0v) is 13.7. The molecule has 22 heavy (non-hydrogen) atoms. The van der Waals surface area contributed by atoms with Crippen molar-refractivity contribution in [2.75, 3.05) is 26.7 Å². The molecule has 2 aromatic rings. The number of hydrogen-bond donors (Lipinski definition) is 0. The molecule has 3 nitrogen and oxygen atoms in total. The molecule has 3 aliphatic heterocycles. The van der Waals surface area contributed by atoms with Gasteiger partial charge in [0.1, 0.15) is 5.75 Å². The summed E-state index contributed by atoms with van der Waals surface area (Å²) >= 11 is 1.60. The number of carbonyl (C=O) groups is 1. The van der Waals surface area contributed by atoms with Crippen LogP contribution < -0.4 is 4.74 Å². The highest BCUT2D eigenvalue weighted by Crippen LogP contribution is 2.36. The summed E-state index contributed by atoms with van der Waals surface area (Å²) in [6.07, 6.45) is 3.27. The third-order valence-corrected chi connectivity index (χ3v) is 6.38. The lowest BCUT2D eigenvalue weighted by Gasteiger charge is -2.44. The SMILES string of the molecule is COc1ccc2cc(C(=O)C[C@@H]3CN4CCC3CC4)sc2c1. The van der Waals surface area contributed by atoms with E-state index < -0.39 is 0 Å². The second kappa shape index (κ2) is 5.67. The number of carbonyl (C=O) groups excluding carboxylic acids is 1. The summed E-state index contributed by atoms with van der Waals surface area (Å²) in [6, 6.07) is 8.06. The first-order chi connectivity index (χ1) is 10.7. The standard InChI is InChI=1S/C18H21NO2S/c1-21-15-3-2-13-9-18(22-17(13)10-15)16(20)8-14-11-19-6-4-12(14)5-7-19/h2-3,9-10,12,14H,4-8,11H2,1H3/t14-/m1/s1. The largest absolute Gasteiger partial charge is 0.497 e. The van der Waals surface area contributed by atoms with Crippen LogP contribution in [0.25, 0.3) is 10.1 Å². The minimum absolute atomic E-state index is 0.318. The van der Waals surface area contributed by atoms with Gasteiger partial charge in [-0.1, -0.05) is 0 Å². The summed E-state index contributed by atoms with van der Waals surface area (Å²) in [5, 5.41) is 1.14. The summed E-state index contributed by atoms with van der Waals surface area (Å²) in [5.41, 5.74) is 0. The quantitative estimate of drug-likeness (QED) is 0.803. The highest BCUT2D eigenvalue weighted by molar-refractivity contribution is 7.20. The molecule has 4 heterocycles. The number of thiophene rings is 1. The summed E-state index contributed by atoms with van der Waals surface area (Å²) < 4.78 is 6.40. The maximum absolute atomic E-state index is 12.7. The first-order valence-electron chi connectivity index (χ1n) is 8.06. The first kappa shape index (κ1) is 14.2. The molecule has 116 valence electrons. The molecule has 5 rings (SSSR count). The van der Waals surface area contributed by atoms with Crippen molar-refractivity contribution >= 4 is 27.2 Å². The van der Waals surface area contributed by atoms with Gasteiger partial charge in [0.05, 0.1) is 12.0 Å². The predicted molar refractivity (Wildman–Crippen MR) is 90.0 cm³/mol. The van der Waals surface area contributed by atoms with E-state index in [0.29, 0.717) is 18.1 Å². The van der Waals surface area contributed by atoms with Crippen molar-refractivity contribution in [1.82, 2.24) is 4.90 Å². The van der Waals surface area contributed by atoms with E-state index in [-0.39, 0.29) is 0 Å². The Balaban J connectivity index is 1.52. The van der Waals surface area contributed by atoms with E-state index in [9.17, 15) is 4.79 Å². The van der Waals surface area contributed by atoms with Gasteiger partial charge in [-0.15, -0.1) is 11.3 Å². The van der Waals surface area contributed by atoms with Crippen molar-refractivity contribution in [3.05, 3.63) is 29.1 Å². The van der Waals surface area contributed by atoms with Gasteiger partial charge in [0.2, 0.25) is 0 Å². The monoisotopic (exact) mass is 315 g/mol. The second-order valence-electron chi connectivity index (χ2n) is 6.54. The normalized spacial score (nSPS) is 27.2. The molecular formula is C18H21NO2S. The number of hydrogen-bond acceptors (Lipinski definition) is 4. The maximum atomic E-state index is 12.7. The van der Waals surface area contributed by atoms with E-state index in [2.05, 4.69) is 4.90 Å². The van der Waals surface area contributed by atoms with Crippen LogP contribution in [0.5, 0.6) is 5.75 Å². The van der Waals surface area contributed by atoms with Crippen LogP contribution in [0.3, 0.4) is 0 Å². The number of rotatable bonds is 4. The summed E-state index contributed by atoms with van der Waals surface area (Å²) in [6.45, 7) is 3.59. The lowest BCUT2D eigenvalue weighted by molar-refractivity contribution is 0.0442. The van der Waals surface area contributed by atoms with Gasteiger partial charge in [0.15, 0.2) is 5.78 Å². The Morgan fingerprint density at radius 2 is 2.14 bits per heavy atom. The summed E-state index contributed by atoms with van der Waals surface area (Å²) in [5.74, 6) is 2.50. The highest BCUT2D eigenvalue weighted by Gasteiger charge is 2.35. The lowest BCUT2D eigenvalue weighted by atomic mass is 9.76. The average Bonchev–Trinajstić information content (AvgIpc) is 2.99. The van der Waals surface area contributed by atoms with Gasteiger partial charge in [0, 0.05) is 17.7 Å². The molecule has 0 aliphatic carbocycles. The predicted octanol–water partition coefficient (Wildman–Crippen LogP) is 3.82. The fourth-order valence-electron chi connectivity index (χ4n) is 3.93. The molecule has 4 heteroatoms. The molecule has 0 amide bonds. The summed E-state index contributed by atoms with van der Waals surface area (Å²) in [4.78, 5) is 16.1. The third kappa shape index (κ3) is 2.55. The Bertz CT molecular complexity index is 700. The number of piperidine rings is 3. The fourth-order valence-corrected chi connectivity index (χ4v) is 4.97. The Kier molecular flexibility index (Phi) is 3.66. The number of ether oxygens (including phenoxy) is 1. The molecule has 1 aromatic carbocycles. The van der Waals surface area contributed by atoms with Crippen molar-refractivity contribution < 1.29 is 9.53 Å². The minimum Gasteiger partial charge on any atom is -0.497 e. The Hall–Kier alpha value is -1.39. The van der Waals surface area contributed by atoms with Crippen LogP contribution in [0.15, 0.2) is 24.3 Å². The molecule has 1 atom stereocenters. The smallest absolute Gasteiger partial charge is 0.173 e. The van der Waals surface area contributed by atoms with Gasteiger partial charge >= 0.3 is 0 Å². The Morgan fingerprint density at radius 3 is 2.82 bits per heavy atom. The number of fused-ring (bicyclic) bond motifs is 4. The van der Waals surface area contributed by atoms with Crippen LogP contribution in [-0.2, 0) is 0 Å². The van der Waals surface area contributed by atoms with Crippen molar-refractivity contribution in [3.63, 3.8) is 0 Å². The first-order valence-corrected chi connectivity index (χ1v) is 8.88. The topological polar surface area (TPSA) is 29.5 Å². The van der Waals surface area contributed by atoms with E-state index in [1.165, 1.54) is 25.9 Å². The van der Waals surface area contributed by atoms with E-state index in [1.807, 2.05) is 24.3 Å². The number of methoxy groups -OCH3 is 1. The molecule has 0 saturated carbocycles. The van der Waals surface area contributed by atoms with Gasteiger partial charge in [-0.05, 0) is 67.4 Å². The van der Waals surface area contributed by atoms with Gasteiger partial charge in [-0.2, -0.15) is 0 Å². The molecule has 0 spiro atoms.